The van der Waals surface area contributed by atoms with E-state index >= 15 is 0 Å². The minimum absolute atomic E-state index is 0.109. The van der Waals surface area contributed by atoms with E-state index < -0.39 is 0 Å². The van der Waals surface area contributed by atoms with Crippen molar-refractivity contribution in [1.29, 1.82) is 0 Å². The van der Waals surface area contributed by atoms with Gasteiger partial charge in [-0.2, -0.15) is 0 Å². The Morgan fingerprint density at radius 2 is 2.33 bits per heavy atom. The molecule has 1 aromatic carbocycles. The number of carbonyl (C=O) groups is 1. The van der Waals surface area contributed by atoms with Crippen molar-refractivity contribution in [2.75, 3.05) is 20.2 Å². The third-order valence-electron chi connectivity index (χ3n) is 2.15. The lowest BCUT2D eigenvalue weighted by molar-refractivity contribution is -0.122. The van der Waals surface area contributed by atoms with Gasteiger partial charge in [-0.1, -0.05) is 29.7 Å². The molecule has 0 spiro atoms. The highest BCUT2D eigenvalue weighted by Gasteiger charge is 2.09. The molecule has 0 bridgehead atoms. The van der Waals surface area contributed by atoms with Gasteiger partial charge in [-0.05, 0) is 13.1 Å². The smallest absolute Gasteiger partial charge is 0.258 e. The van der Waals surface area contributed by atoms with Crippen molar-refractivity contribution in [3.63, 3.8) is 0 Å². The summed E-state index contributed by atoms with van der Waals surface area (Å²) >= 11 is 6.04. The molecule has 0 unspecified atom stereocenters. The summed E-state index contributed by atoms with van der Waals surface area (Å²) in [6.07, 6.45) is 5.04. The van der Waals surface area contributed by atoms with Gasteiger partial charge in [0.2, 0.25) is 0 Å². The maximum Gasteiger partial charge on any atom is 0.258 e. The van der Waals surface area contributed by atoms with Crippen LogP contribution < -0.4 is 15.4 Å². The molecule has 0 aliphatic rings. The zero-order valence-electron chi connectivity index (χ0n) is 10.1. The number of terminal acetylenes is 1. The van der Waals surface area contributed by atoms with Crippen molar-refractivity contribution in [2.45, 2.75) is 6.54 Å². The molecule has 5 heteroatoms. The normalized spacial score (nSPS) is 9.61. The number of para-hydroxylation sites is 1. The Labute approximate surface area is 112 Å². The van der Waals surface area contributed by atoms with E-state index in [9.17, 15) is 4.79 Å². The summed E-state index contributed by atoms with van der Waals surface area (Å²) < 4.78 is 5.43. The Morgan fingerprint density at radius 3 is 3.00 bits per heavy atom. The molecule has 0 aliphatic carbocycles. The van der Waals surface area contributed by atoms with E-state index in [2.05, 4.69) is 16.6 Å². The van der Waals surface area contributed by atoms with Crippen molar-refractivity contribution >= 4 is 17.5 Å². The molecular formula is C13H15ClN2O2. The van der Waals surface area contributed by atoms with Gasteiger partial charge in [-0.25, -0.2) is 0 Å². The second kappa shape index (κ2) is 7.59. The van der Waals surface area contributed by atoms with E-state index in [1.165, 1.54) is 0 Å². The fourth-order valence-corrected chi connectivity index (χ4v) is 1.63. The summed E-state index contributed by atoms with van der Waals surface area (Å²) in [7, 11) is 1.82. The van der Waals surface area contributed by atoms with E-state index in [1.54, 1.807) is 6.07 Å². The van der Waals surface area contributed by atoms with Gasteiger partial charge >= 0.3 is 0 Å². The quantitative estimate of drug-likeness (QED) is 0.761. The number of hydrogen-bond donors (Lipinski definition) is 2. The zero-order valence-corrected chi connectivity index (χ0v) is 10.9. The van der Waals surface area contributed by atoms with E-state index in [-0.39, 0.29) is 19.1 Å². The summed E-state index contributed by atoms with van der Waals surface area (Å²) in [6, 6.07) is 5.44. The molecule has 0 saturated heterocycles. The molecule has 18 heavy (non-hydrogen) atoms. The zero-order chi connectivity index (χ0) is 13.4. The van der Waals surface area contributed by atoms with Crippen LogP contribution >= 0.6 is 11.6 Å². The lowest BCUT2D eigenvalue weighted by Crippen LogP contribution is -2.29. The topological polar surface area (TPSA) is 50.4 Å². The van der Waals surface area contributed by atoms with Gasteiger partial charge in [0.1, 0.15) is 5.75 Å². The van der Waals surface area contributed by atoms with Crippen LogP contribution in [0.4, 0.5) is 0 Å². The molecule has 1 amide bonds. The molecule has 96 valence electrons. The number of hydrogen-bond acceptors (Lipinski definition) is 3. The van der Waals surface area contributed by atoms with Crippen molar-refractivity contribution in [3.8, 4) is 18.1 Å². The van der Waals surface area contributed by atoms with Gasteiger partial charge in [-0.3, -0.25) is 4.79 Å². The largest absolute Gasteiger partial charge is 0.482 e. The molecule has 0 fully saturated rings. The van der Waals surface area contributed by atoms with Crippen LogP contribution in [0.1, 0.15) is 5.56 Å². The number of carbonyl (C=O) groups excluding carboxylic acids is 1. The number of halogens is 1. The van der Waals surface area contributed by atoms with Gasteiger partial charge < -0.3 is 15.4 Å². The van der Waals surface area contributed by atoms with E-state index in [0.717, 1.165) is 5.56 Å². The number of nitrogens with one attached hydrogen (secondary N) is 2. The fraction of sp³-hybridized carbons (Fsp3) is 0.308. The number of ether oxygens (including phenoxy) is 1. The fourth-order valence-electron chi connectivity index (χ4n) is 1.38. The first kappa shape index (κ1) is 14.4. The first-order valence-electron chi connectivity index (χ1n) is 5.44. The minimum atomic E-state index is -0.275. The van der Waals surface area contributed by atoms with Gasteiger partial charge in [-0.15, -0.1) is 6.42 Å². The van der Waals surface area contributed by atoms with Gasteiger partial charge in [0.25, 0.3) is 5.91 Å². The van der Waals surface area contributed by atoms with Crippen molar-refractivity contribution in [2.24, 2.45) is 0 Å². The van der Waals surface area contributed by atoms with Crippen LogP contribution in [0.25, 0.3) is 0 Å². The maximum absolute atomic E-state index is 11.4. The molecule has 1 aromatic rings. The molecule has 0 saturated carbocycles. The summed E-state index contributed by atoms with van der Waals surface area (Å²) in [5.74, 6) is 2.56. The Balaban J connectivity index is 2.66. The van der Waals surface area contributed by atoms with Gasteiger partial charge in [0.15, 0.2) is 6.61 Å². The van der Waals surface area contributed by atoms with Crippen LogP contribution in [0.3, 0.4) is 0 Å². The molecular weight excluding hydrogens is 252 g/mol. The summed E-state index contributed by atoms with van der Waals surface area (Å²) in [5.41, 5.74) is 0.898. The summed E-state index contributed by atoms with van der Waals surface area (Å²) in [5, 5.41) is 6.00. The van der Waals surface area contributed by atoms with E-state index in [1.807, 2.05) is 19.2 Å². The summed E-state index contributed by atoms with van der Waals surface area (Å²) in [6.45, 7) is 0.693. The lowest BCUT2D eigenvalue weighted by Gasteiger charge is -2.12. The molecule has 0 aliphatic heterocycles. The standard InChI is InChI=1S/C13H15ClN2O2/c1-3-7-16-12(17)9-18-13-10(8-15-2)5-4-6-11(13)14/h1,4-6,15H,7-9H2,2H3,(H,16,17). The third kappa shape index (κ3) is 4.28. The molecule has 0 aromatic heterocycles. The number of benzene rings is 1. The van der Waals surface area contributed by atoms with Gasteiger partial charge in [0.05, 0.1) is 11.6 Å². The van der Waals surface area contributed by atoms with Crippen LogP contribution in [0.5, 0.6) is 5.75 Å². The van der Waals surface area contributed by atoms with Crippen molar-refractivity contribution in [3.05, 3.63) is 28.8 Å². The van der Waals surface area contributed by atoms with Crippen molar-refractivity contribution < 1.29 is 9.53 Å². The van der Waals surface area contributed by atoms with Crippen LogP contribution in [0.15, 0.2) is 18.2 Å². The average molecular weight is 267 g/mol. The molecule has 0 radical (unpaired) electrons. The van der Waals surface area contributed by atoms with E-state index in [0.29, 0.717) is 17.3 Å². The number of rotatable bonds is 6. The van der Waals surface area contributed by atoms with Crippen LogP contribution in [0.2, 0.25) is 5.02 Å². The Bertz CT molecular complexity index is 455. The average Bonchev–Trinajstić information content (AvgIpc) is 2.36. The number of amides is 1. The highest BCUT2D eigenvalue weighted by molar-refractivity contribution is 6.32. The van der Waals surface area contributed by atoms with Crippen LogP contribution in [-0.2, 0) is 11.3 Å². The Hall–Kier alpha value is -1.70. The summed E-state index contributed by atoms with van der Waals surface area (Å²) in [4.78, 5) is 11.4. The highest BCUT2D eigenvalue weighted by atomic mass is 35.5. The van der Waals surface area contributed by atoms with Crippen molar-refractivity contribution in [1.82, 2.24) is 10.6 Å². The maximum atomic E-state index is 11.4. The highest BCUT2D eigenvalue weighted by Crippen LogP contribution is 2.28. The Morgan fingerprint density at radius 1 is 1.56 bits per heavy atom. The first-order valence-corrected chi connectivity index (χ1v) is 5.81. The predicted octanol–water partition coefficient (Wildman–Crippen LogP) is 1.19. The molecule has 2 N–H and O–H groups in total. The van der Waals surface area contributed by atoms with Crippen LogP contribution in [-0.4, -0.2) is 26.1 Å². The van der Waals surface area contributed by atoms with Gasteiger partial charge in [0, 0.05) is 12.1 Å². The van der Waals surface area contributed by atoms with E-state index in [4.69, 9.17) is 22.8 Å². The molecule has 0 atom stereocenters. The molecule has 4 nitrogen and oxygen atoms in total. The second-order valence-corrected chi connectivity index (χ2v) is 3.94. The first-order chi connectivity index (χ1) is 8.69. The Kier molecular flexibility index (Phi) is 6.06. The predicted molar refractivity (Wildman–Crippen MR) is 71.6 cm³/mol. The monoisotopic (exact) mass is 266 g/mol. The molecule has 1 rings (SSSR count). The van der Waals surface area contributed by atoms with Crippen LogP contribution in [0, 0.1) is 12.3 Å². The lowest BCUT2D eigenvalue weighted by atomic mass is 10.2. The molecule has 0 heterocycles. The minimum Gasteiger partial charge on any atom is -0.482 e. The second-order valence-electron chi connectivity index (χ2n) is 3.53. The SMILES string of the molecule is C#CCNC(=O)COc1c(Cl)cccc1CNC. The third-order valence-corrected chi connectivity index (χ3v) is 2.45.